The van der Waals surface area contributed by atoms with Gasteiger partial charge in [0.15, 0.2) is 0 Å². The first-order valence-electron chi connectivity index (χ1n) is 20.0. The smallest absolute Gasteiger partial charge is 0.458 e. The number of esters is 1. The Labute approximate surface area is 353 Å². The van der Waals surface area contributed by atoms with E-state index in [9.17, 15) is 60.6 Å². The molecule has 3 fully saturated rings. The van der Waals surface area contributed by atoms with Crippen LogP contribution in [0.2, 0.25) is 0 Å². The van der Waals surface area contributed by atoms with Crippen LogP contribution in [-0.2, 0) is 51.1 Å². The average Bonchev–Trinajstić information content (AvgIpc) is 3.82. The van der Waals surface area contributed by atoms with E-state index in [1.807, 2.05) is 0 Å². The second-order valence-electron chi connectivity index (χ2n) is 16.0. The lowest BCUT2D eigenvalue weighted by molar-refractivity contribution is -0.274. The second-order valence-corrected chi connectivity index (χ2v) is 16.0. The van der Waals surface area contributed by atoms with E-state index in [0.29, 0.717) is 6.07 Å². The number of likely N-dealkylation sites (N-methyl/N-ethyl adjacent to an activating group) is 1. The van der Waals surface area contributed by atoms with Crippen molar-refractivity contribution in [1.29, 1.82) is 0 Å². The SMILES string of the molecule is C[C@@H]1C[C@H]2C(=O)O[C@@H](C)[C@H](NC(=O)[C@H](Cc3cc(F)cc(F)c3)NC(=O)Cc3ccc(OC(F)(F)F)cc3)C(=O)N3CCC[C@H]3C(=O)N(C)[C@@H]([C@@H](C)O)C(=O)N[C@@H](C)C(=O)N2C1. The molecule has 9 atom stereocenters. The molecule has 0 unspecified atom stereocenters. The largest absolute Gasteiger partial charge is 0.573 e. The summed E-state index contributed by atoms with van der Waals surface area (Å²) >= 11 is 0. The van der Waals surface area contributed by atoms with Crippen molar-refractivity contribution in [2.75, 3.05) is 20.1 Å². The number of aliphatic hydroxyl groups is 1. The number of carbonyl (C=O) groups is 7. The Hall–Kier alpha value is -5.86. The Balaban J connectivity index is 1.49. The van der Waals surface area contributed by atoms with Gasteiger partial charge in [-0.1, -0.05) is 19.1 Å². The highest BCUT2D eigenvalue weighted by Gasteiger charge is 2.47. The third-order valence-electron chi connectivity index (χ3n) is 11.0. The lowest BCUT2D eigenvalue weighted by Crippen LogP contribution is -2.63. The van der Waals surface area contributed by atoms with Gasteiger partial charge in [-0.2, -0.15) is 0 Å². The first kappa shape index (κ1) is 47.2. The Bertz CT molecular complexity index is 2020. The summed E-state index contributed by atoms with van der Waals surface area (Å²) in [4.78, 5) is 101. The summed E-state index contributed by atoms with van der Waals surface area (Å²) in [5.74, 6) is -8.91. The molecule has 0 bridgehead atoms. The second kappa shape index (κ2) is 19.5. The van der Waals surface area contributed by atoms with E-state index in [2.05, 4.69) is 20.7 Å². The maximum absolute atomic E-state index is 14.6. The van der Waals surface area contributed by atoms with Crippen LogP contribution in [0.3, 0.4) is 0 Å². The standard InChI is InChI=1S/C41H49F5N6O10/c1-20-13-31-40(60)61-23(4)33(39(59)51-12-6-7-30(51)38(58)50(5)34(22(3)53)36(56)47-21(2)37(57)52(31)19-20)49-35(55)29(16-25-14-26(42)18-27(43)15-25)48-32(54)17-24-8-10-28(11-9-24)62-41(44,45)46/h8-11,14-15,18,20-23,29-31,33-34,53H,6-7,12-13,16-17,19H2,1-5H3,(H,47,56)(H,48,54)(H,49,55)/t20-,21+,22-,23+,29+,30+,31+,33+,34+/m1/s1. The first-order valence-corrected chi connectivity index (χ1v) is 20.0. The predicted molar refractivity (Wildman–Crippen MR) is 206 cm³/mol. The minimum atomic E-state index is -4.97. The molecule has 16 nitrogen and oxygen atoms in total. The topological polar surface area (TPSA) is 204 Å². The van der Waals surface area contributed by atoms with Crippen LogP contribution in [0.15, 0.2) is 42.5 Å². The zero-order valence-corrected chi connectivity index (χ0v) is 34.5. The molecule has 3 saturated heterocycles. The number of hydrogen-bond acceptors (Lipinski definition) is 10. The molecule has 3 aliphatic rings. The fourth-order valence-electron chi connectivity index (χ4n) is 8.06. The first-order chi connectivity index (χ1) is 29.0. The molecular weight excluding hydrogens is 831 g/mol. The summed E-state index contributed by atoms with van der Waals surface area (Å²) in [6.45, 7) is 5.79. The monoisotopic (exact) mass is 880 g/mol. The fourth-order valence-corrected chi connectivity index (χ4v) is 8.06. The van der Waals surface area contributed by atoms with Crippen molar-refractivity contribution in [3.8, 4) is 5.75 Å². The lowest BCUT2D eigenvalue weighted by Gasteiger charge is -2.37. The molecule has 0 spiro atoms. The van der Waals surface area contributed by atoms with Crippen LogP contribution in [0.25, 0.3) is 0 Å². The lowest BCUT2D eigenvalue weighted by atomic mass is 10.0. The zero-order valence-electron chi connectivity index (χ0n) is 34.5. The number of amides is 6. The van der Waals surface area contributed by atoms with E-state index in [-0.39, 0.29) is 49.4 Å². The van der Waals surface area contributed by atoms with Gasteiger partial charge in [-0.05, 0) is 81.3 Å². The van der Waals surface area contributed by atoms with Gasteiger partial charge in [0.25, 0.3) is 0 Å². The van der Waals surface area contributed by atoms with Crippen molar-refractivity contribution in [2.24, 2.45) is 5.92 Å². The number of aliphatic hydroxyl groups excluding tert-OH is 1. The van der Waals surface area contributed by atoms with Crippen molar-refractivity contribution >= 4 is 41.4 Å². The van der Waals surface area contributed by atoms with E-state index >= 15 is 0 Å². The molecule has 3 heterocycles. The number of rotatable bonds is 9. The van der Waals surface area contributed by atoms with Gasteiger partial charge in [-0.3, -0.25) is 28.8 Å². The van der Waals surface area contributed by atoms with E-state index in [4.69, 9.17) is 4.74 Å². The Kier molecular flexibility index (Phi) is 14.8. The van der Waals surface area contributed by atoms with Gasteiger partial charge in [0.05, 0.1) is 12.5 Å². The van der Waals surface area contributed by atoms with Crippen LogP contribution in [-0.4, -0.2) is 136 Å². The van der Waals surface area contributed by atoms with E-state index < -0.39 is 126 Å². The third-order valence-corrected chi connectivity index (χ3v) is 11.0. The number of alkyl halides is 3. The quantitative estimate of drug-likeness (QED) is 0.211. The van der Waals surface area contributed by atoms with Crippen molar-refractivity contribution in [3.63, 3.8) is 0 Å². The van der Waals surface area contributed by atoms with Gasteiger partial charge < -0.3 is 45.2 Å². The number of cyclic esters (lactones) is 1. The minimum absolute atomic E-state index is 0.0311. The molecule has 0 saturated carbocycles. The molecule has 0 aliphatic carbocycles. The molecular formula is C41H49F5N6O10. The summed E-state index contributed by atoms with van der Waals surface area (Å²) in [7, 11) is 1.25. The predicted octanol–water partition coefficient (Wildman–Crippen LogP) is 1.50. The van der Waals surface area contributed by atoms with E-state index in [0.717, 1.165) is 34.1 Å². The van der Waals surface area contributed by atoms with Crippen LogP contribution < -0.4 is 20.7 Å². The van der Waals surface area contributed by atoms with Crippen LogP contribution in [0.1, 0.15) is 58.1 Å². The number of benzene rings is 2. The highest BCUT2D eigenvalue weighted by molar-refractivity contribution is 5.98. The third kappa shape index (κ3) is 11.5. The molecule has 4 N–H and O–H groups in total. The van der Waals surface area contributed by atoms with Crippen LogP contribution in [0, 0.1) is 17.6 Å². The molecule has 2 aromatic rings. The van der Waals surface area contributed by atoms with Crippen LogP contribution in [0.4, 0.5) is 22.0 Å². The maximum Gasteiger partial charge on any atom is 0.573 e. The normalized spacial score (nSPS) is 26.3. The summed E-state index contributed by atoms with van der Waals surface area (Å²) in [5.41, 5.74) is 0.0917. The molecule has 5 rings (SSSR count). The van der Waals surface area contributed by atoms with Gasteiger partial charge in [0, 0.05) is 32.6 Å². The number of carbonyl (C=O) groups excluding carboxylic acids is 7. The van der Waals surface area contributed by atoms with Crippen molar-refractivity contribution in [2.45, 2.75) is 115 Å². The fraction of sp³-hybridized carbons (Fsp3) is 0.537. The summed E-state index contributed by atoms with van der Waals surface area (Å²) < 4.78 is 76.4. The number of nitrogens with one attached hydrogen (secondary N) is 3. The van der Waals surface area contributed by atoms with E-state index in [1.54, 1.807) is 6.92 Å². The van der Waals surface area contributed by atoms with Gasteiger partial charge >= 0.3 is 12.3 Å². The number of fused-ring (bicyclic) bond motifs is 2. The Morgan fingerprint density at radius 1 is 0.935 bits per heavy atom. The van der Waals surface area contributed by atoms with Crippen molar-refractivity contribution in [3.05, 3.63) is 65.2 Å². The number of ether oxygens (including phenoxy) is 2. The number of hydrogen-bond donors (Lipinski definition) is 4. The number of halogens is 5. The maximum atomic E-state index is 14.6. The number of nitrogens with zero attached hydrogens (tertiary/aromatic N) is 3. The average molecular weight is 881 g/mol. The molecule has 3 aliphatic heterocycles. The summed E-state index contributed by atoms with van der Waals surface area (Å²) in [6, 6.07) is -1.92. The Morgan fingerprint density at radius 2 is 1.58 bits per heavy atom. The van der Waals surface area contributed by atoms with E-state index in [1.165, 1.54) is 44.9 Å². The van der Waals surface area contributed by atoms with Gasteiger partial charge in [-0.15, -0.1) is 13.2 Å². The van der Waals surface area contributed by atoms with Gasteiger partial charge in [-0.25, -0.2) is 13.6 Å². The molecule has 338 valence electrons. The molecule has 0 aromatic heterocycles. The summed E-state index contributed by atoms with van der Waals surface area (Å²) in [5, 5.41) is 18.2. The highest BCUT2D eigenvalue weighted by atomic mass is 19.4. The minimum Gasteiger partial charge on any atom is -0.458 e. The molecule has 6 amide bonds. The zero-order chi connectivity index (χ0) is 45.8. The van der Waals surface area contributed by atoms with Crippen molar-refractivity contribution in [1.82, 2.24) is 30.7 Å². The molecule has 0 radical (unpaired) electrons. The van der Waals surface area contributed by atoms with Crippen molar-refractivity contribution < 1.29 is 70.1 Å². The van der Waals surface area contributed by atoms with Crippen LogP contribution in [0.5, 0.6) is 5.75 Å². The molecule has 21 heteroatoms. The van der Waals surface area contributed by atoms with Gasteiger partial charge in [0.2, 0.25) is 35.4 Å². The Morgan fingerprint density at radius 3 is 2.19 bits per heavy atom. The molecule has 62 heavy (non-hydrogen) atoms. The summed E-state index contributed by atoms with van der Waals surface area (Å²) in [6.07, 6.45) is -8.44. The van der Waals surface area contributed by atoms with Gasteiger partial charge in [0.1, 0.15) is 59.7 Å². The van der Waals surface area contributed by atoms with Crippen LogP contribution >= 0.6 is 0 Å². The highest BCUT2D eigenvalue weighted by Crippen LogP contribution is 2.28. The molecule has 2 aromatic carbocycles.